The number of nitrogens with one attached hydrogen (secondary N) is 1. The minimum Gasteiger partial charge on any atom is -0.508 e. The Morgan fingerprint density at radius 2 is 2.00 bits per heavy atom. The van der Waals surface area contributed by atoms with Gasteiger partial charge in [0.25, 0.3) is 5.91 Å². The second-order valence-electron chi connectivity index (χ2n) is 4.03. The van der Waals surface area contributed by atoms with Crippen molar-refractivity contribution in [3.8, 4) is 5.75 Å². The zero-order chi connectivity index (χ0) is 13.7. The first-order valence-corrected chi connectivity index (χ1v) is 6.20. The quantitative estimate of drug-likeness (QED) is 0.901. The van der Waals surface area contributed by atoms with Crippen LogP contribution in [0, 0.1) is 0 Å². The molecule has 0 atom stereocenters. The fourth-order valence-corrected chi connectivity index (χ4v) is 1.86. The van der Waals surface area contributed by atoms with Gasteiger partial charge in [0, 0.05) is 18.9 Å². The summed E-state index contributed by atoms with van der Waals surface area (Å²) in [4.78, 5) is 15.8. The van der Waals surface area contributed by atoms with Gasteiger partial charge in [-0.2, -0.15) is 0 Å². The second-order valence-corrected chi connectivity index (χ2v) is 4.43. The van der Waals surface area contributed by atoms with Crippen molar-refractivity contribution in [2.24, 2.45) is 0 Å². The predicted octanol–water partition coefficient (Wildman–Crippen LogP) is 2.41. The van der Waals surface area contributed by atoms with Crippen molar-refractivity contribution in [2.45, 2.75) is 6.42 Å². The molecule has 0 aliphatic heterocycles. The van der Waals surface area contributed by atoms with Gasteiger partial charge >= 0.3 is 0 Å². The maximum atomic E-state index is 11.9. The maximum Gasteiger partial charge on any atom is 0.252 e. The van der Waals surface area contributed by atoms with Crippen LogP contribution in [0.15, 0.2) is 42.7 Å². The van der Waals surface area contributed by atoms with E-state index in [9.17, 15) is 9.90 Å². The average molecular weight is 277 g/mol. The largest absolute Gasteiger partial charge is 0.508 e. The molecule has 0 aliphatic carbocycles. The molecule has 0 saturated carbocycles. The van der Waals surface area contributed by atoms with E-state index >= 15 is 0 Å². The van der Waals surface area contributed by atoms with Crippen molar-refractivity contribution in [1.82, 2.24) is 10.3 Å². The molecule has 4 nitrogen and oxygen atoms in total. The summed E-state index contributed by atoms with van der Waals surface area (Å²) in [5, 5.41) is 12.4. The first-order chi connectivity index (χ1) is 9.16. The summed E-state index contributed by atoms with van der Waals surface area (Å²) in [7, 11) is 0. The Balaban J connectivity index is 1.93. The number of carbonyl (C=O) groups is 1. The van der Waals surface area contributed by atoms with Crippen LogP contribution in [-0.2, 0) is 6.42 Å². The van der Waals surface area contributed by atoms with Gasteiger partial charge in [-0.1, -0.05) is 11.6 Å². The number of aromatic nitrogens is 1. The van der Waals surface area contributed by atoms with Crippen molar-refractivity contribution in [1.29, 1.82) is 0 Å². The lowest BCUT2D eigenvalue weighted by Crippen LogP contribution is -2.25. The number of rotatable bonds is 4. The molecular weight excluding hydrogens is 264 g/mol. The molecule has 0 fully saturated rings. The van der Waals surface area contributed by atoms with Crippen LogP contribution in [-0.4, -0.2) is 22.5 Å². The Hall–Kier alpha value is -2.07. The molecule has 98 valence electrons. The smallest absolute Gasteiger partial charge is 0.252 e. The molecular formula is C14H13ClN2O2. The molecule has 1 heterocycles. The maximum absolute atomic E-state index is 11.9. The number of aromatic hydroxyl groups is 1. The lowest BCUT2D eigenvalue weighted by atomic mass is 10.1. The number of carbonyl (C=O) groups excluding carboxylic acids is 1. The summed E-state index contributed by atoms with van der Waals surface area (Å²) in [5.41, 5.74) is 1.37. The number of hydrogen-bond acceptors (Lipinski definition) is 3. The third-order valence-electron chi connectivity index (χ3n) is 2.64. The molecule has 0 unspecified atom stereocenters. The number of phenolic OH excluding ortho intramolecular Hbond substituents is 1. The van der Waals surface area contributed by atoms with Gasteiger partial charge < -0.3 is 10.4 Å². The standard InChI is InChI=1S/C14H13ClN2O2/c15-13-2-1-11(18)9-12(13)14(19)17-8-5-10-3-6-16-7-4-10/h1-4,6-7,9,18H,5,8H2,(H,17,19). The molecule has 0 aliphatic rings. The number of nitrogens with zero attached hydrogens (tertiary/aromatic N) is 1. The van der Waals surface area contributed by atoms with Crippen molar-refractivity contribution in [2.75, 3.05) is 6.54 Å². The summed E-state index contributed by atoms with van der Waals surface area (Å²) >= 11 is 5.91. The minimum absolute atomic E-state index is 0.0173. The van der Waals surface area contributed by atoms with Crippen molar-refractivity contribution >= 4 is 17.5 Å². The monoisotopic (exact) mass is 276 g/mol. The predicted molar refractivity (Wildman–Crippen MR) is 73.4 cm³/mol. The fourth-order valence-electron chi connectivity index (χ4n) is 1.65. The van der Waals surface area contributed by atoms with Gasteiger partial charge in [-0.25, -0.2) is 0 Å². The minimum atomic E-state index is -0.296. The van der Waals surface area contributed by atoms with Crippen LogP contribution in [0.5, 0.6) is 5.75 Å². The number of phenols is 1. The Labute approximate surface area is 116 Å². The van der Waals surface area contributed by atoms with Gasteiger partial charge in [-0.15, -0.1) is 0 Å². The van der Waals surface area contributed by atoms with E-state index < -0.39 is 0 Å². The Bertz CT molecular complexity index is 573. The summed E-state index contributed by atoms with van der Waals surface area (Å²) in [6.07, 6.45) is 4.14. The summed E-state index contributed by atoms with van der Waals surface area (Å²) in [5.74, 6) is -0.279. The molecule has 0 bridgehead atoms. The molecule has 1 amide bonds. The van der Waals surface area contributed by atoms with Crippen LogP contribution in [0.1, 0.15) is 15.9 Å². The van der Waals surface area contributed by atoms with E-state index in [1.54, 1.807) is 12.4 Å². The van der Waals surface area contributed by atoms with Crippen LogP contribution in [0.25, 0.3) is 0 Å². The van der Waals surface area contributed by atoms with Gasteiger partial charge in [0.05, 0.1) is 10.6 Å². The molecule has 1 aromatic carbocycles. The lowest BCUT2D eigenvalue weighted by Gasteiger charge is -2.07. The lowest BCUT2D eigenvalue weighted by molar-refractivity contribution is 0.0954. The van der Waals surface area contributed by atoms with E-state index in [0.717, 1.165) is 5.56 Å². The van der Waals surface area contributed by atoms with Crippen LogP contribution in [0.3, 0.4) is 0 Å². The molecule has 1 aromatic heterocycles. The normalized spacial score (nSPS) is 10.2. The number of amides is 1. The number of hydrogen-bond donors (Lipinski definition) is 2. The second kappa shape index (κ2) is 6.20. The van der Waals surface area contributed by atoms with Crippen LogP contribution in [0.4, 0.5) is 0 Å². The van der Waals surface area contributed by atoms with Crippen LogP contribution in [0.2, 0.25) is 5.02 Å². The summed E-state index contributed by atoms with van der Waals surface area (Å²) in [6.45, 7) is 0.495. The van der Waals surface area contributed by atoms with Crippen molar-refractivity contribution < 1.29 is 9.90 Å². The highest BCUT2D eigenvalue weighted by Crippen LogP contribution is 2.20. The Kier molecular flexibility index (Phi) is 4.36. The molecule has 5 heteroatoms. The highest BCUT2D eigenvalue weighted by Gasteiger charge is 2.10. The Morgan fingerprint density at radius 1 is 1.26 bits per heavy atom. The average Bonchev–Trinajstić information content (AvgIpc) is 2.42. The van der Waals surface area contributed by atoms with Gasteiger partial charge in [-0.05, 0) is 42.3 Å². The van der Waals surface area contributed by atoms with Crippen molar-refractivity contribution in [3.63, 3.8) is 0 Å². The topological polar surface area (TPSA) is 62.2 Å². The van der Waals surface area contributed by atoms with E-state index in [2.05, 4.69) is 10.3 Å². The van der Waals surface area contributed by atoms with E-state index in [1.165, 1.54) is 18.2 Å². The van der Waals surface area contributed by atoms with Crippen molar-refractivity contribution in [3.05, 3.63) is 58.9 Å². The van der Waals surface area contributed by atoms with Gasteiger partial charge in [0.1, 0.15) is 5.75 Å². The van der Waals surface area contributed by atoms with Gasteiger partial charge in [0.15, 0.2) is 0 Å². The Morgan fingerprint density at radius 3 is 2.74 bits per heavy atom. The molecule has 0 saturated heterocycles. The third-order valence-corrected chi connectivity index (χ3v) is 2.97. The third kappa shape index (κ3) is 3.69. The van der Waals surface area contributed by atoms with Gasteiger partial charge in [-0.3, -0.25) is 9.78 Å². The number of pyridine rings is 1. The first kappa shape index (κ1) is 13.4. The summed E-state index contributed by atoms with van der Waals surface area (Å²) in [6, 6.07) is 8.08. The zero-order valence-electron chi connectivity index (χ0n) is 10.1. The molecule has 0 radical (unpaired) electrons. The molecule has 2 aromatic rings. The number of benzene rings is 1. The van der Waals surface area contributed by atoms with E-state index in [-0.39, 0.29) is 17.2 Å². The van der Waals surface area contributed by atoms with Crippen LogP contribution < -0.4 is 5.32 Å². The zero-order valence-corrected chi connectivity index (χ0v) is 10.9. The van der Waals surface area contributed by atoms with E-state index in [4.69, 9.17) is 11.6 Å². The highest BCUT2D eigenvalue weighted by molar-refractivity contribution is 6.33. The van der Waals surface area contributed by atoms with E-state index in [0.29, 0.717) is 18.0 Å². The molecule has 19 heavy (non-hydrogen) atoms. The molecule has 0 spiro atoms. The number of halogens is 1. The molecule has 2 rings (SSSR count). The fraction of sp³-hybridized carbons (Fsp3) is 0.143. The van der Waals surface area contributed by atoms with Crippen LogP contribution >= 0.6 is 11.6 Å². The highest BCUT2D eigenvalue weighted by atomic mass is 35.5. The SMILES string of the molecule is O=C(NCCc1ccncc1)c1cc(O)ccc1Cl. The molecule has 2 N–H and O–H groups in total. The summed E-state index contributed by atoms with van der Waals surface area (Å²) < 4.78 is 0. The first-order valence-electron chi connectivity index (χ1n) is 5.82. The van der Waals surface area contributed by atoms with Gasteiger partial charge in [0.2, 0.25) is 0 Å². The van der Waals surface area contributed by atoms with E-state index in [1.807, 2.05) is 12.1 Å².